The number of anilines is 1. The molecular formula is C23H27F2N7O4. The molecule has 3 aromatic heterocycles. The van der Waals surface area contributed by atoms with E-state index in [-0.39, 0.29) is 24.5 Å². The van der Waals surface area contributed by atoms with Gasteiger partial charge < -0.3 is 19.9 Å². The summed E-state index contributed by atoms with van der Waals surface area (Å²) in [6.07, 6.45) is 4.59. The van der Waals surface area contributed by atoms with Crippen LogP contribution in [-0.4, -0.2) is 59.9 Å². The highest BCUT2D eigenvalue weighted by Gasteiger charge is 2.28. The van der Waals surface area contributed by atoms with Crippen LogP contribution in [0.25, 0.3) is 11.4 Å². The van der Waals surface area contributed by atoms with Gasteiger partial charge in [0.25, 0.3) is 6.43 Å². The number of aromatic nitrogens is 6. The molecule has 0 aliphatic heterocycles. The van der Waals surface area contributed by atoms with E-state index in [1.165, 1.54) is 12.3 Å². The molecule has 192 valence electrons. The first-order valence-electron chi connectivity index (χ1n) is 11.5. The minimum absolute atomic E-state index is 0.0419. The van der Waals surface area contributed by atoms with E-state index in [0.717, 1.165) is 18.5 Å². The van der Waals surface area contributed by atoms with Crippen molar-refractivity contribution in [2.24, 2.45) is 13.0 Å². The minimum Gasteiger partial charge on any atom is -0.487 e. The number of nitrogens with zero attached hydrogens (tertiary/aromatic N) is 6. The molecule has 0 radical (unpaired) electrons. The number of carboxylic acids is 1. The van der Waals surface area contributed by atoms with Gasteiger partial charge in [0, 0.05) is 19.3 Å². The van der Waals surface area contributed by atoms with Crippen molar-refractivity contribution in [1.29, 1.82) is 0 Å². The fourth-order valence-electron chi connectivity index (χ4n) is 4.04. The van der Waals surface area contributed by atoms with Crippen LogP contribution in [0.15, 0.2) is 24.7 Å². The van der Waals surface area contributed by atoms with Crippen LogP contribution in [-0.2, 0) is 18.4 Å². The van der Waals surface area contributed by atoms with Crippen molar-refractivity contribution in [1.82, 2.24) is 29.7 Å². The lowest BCUT2D eigenvalue weighted by Crippen LogP contribution is -2.29. The van der Waals surface area contributed by atoms with Crippen molar-refractivity contribution in [3.63, 3.8) is 0 Å². The van der Waals surface area contributed by atoms with Crippen LogP contribution in [0, 0.1) is 12.8 Å². The number of nitrogens with one attached hydrogen (secondary N) is 1. The summed E-state index contributed by atoms with van der Waals surface area (Å²) in [5.41, 5.74) is 2.07. The topological polar surface area (TPSA) is 137 Å². The summed E-state index contributed by atoms with van der Waals surface area (Å²) >= 11 is 0. The molecule has 36 heavy (non-hydrogen) atoms. The largest absolute Gasteiger partial charge is 0.487 e. The Kier molecular flexibility index (Phi) is 7.86. The molecule has 2 N–H and O–H groups in total. The number of hydrogen-bond donors (Lipinski definition) is 2. The van der Waals surface area contributed by atoms with E-state index < -0.39 is 24.9 Å². The number of halogens is 2. The van der Waals surface area contributed by atoms with Crippen molar-refractivity contribution in [2.75, 3.05) is 11.9 Å². The normalized spacial score (nSPS) is 17.7. The quantitative estimate of drug-likeness (QED) is 0.424. The third kappa shape index (κ3) is 6.20. The first kappa shape index (κ1) is 25.2. The zero-order chi connectivity index (χ0) is 25.7. The maximum absolute atomic E-state index is 12.4. The number of carboxylic acid groups (broad SMARTS) is 1. The summed E-state index contributed by atoms with van der Waals surface area (Å²) in [6.45, 7) is 1.33. The van der Waals surface area contributed by atoms with Crippen LogP contribution in [0.1, 0.15) is 37.1 Å². The molecule has 0 amide bonds. The molecule has 1 fully saturated rings. The van der Waals surface area contributed by atoms with E-state index in [9.17, 15) is 18.7 Å². The van der Waals surface area contributed by atoms with Crippen molar-refractivity contribution >= 4 is 11.9 Å². The maximum Gasteiger partial charge on any atom is 0.306 e. The van der Waals surface area contributed by atoms with Gasteiger partial charge in [-0.05, 0) is 32.6 Å². The summed E-state index contributed by atoms with van der Waals surface area (Å²) in [6, 6.07) is 1.40. The fraction of sp³-hybridized carbons (Fsp3) is 0.478. The van der Waals surface area contributed by atoms with Crippen molar-refractivity contribution < 1.29 is 28.2 Å². The van der Waals surface area contributed by atoms with Crippen molar-refractivity contribution in [3.8, 4) is 23.0 Å². The zero-order valence-electron chi connectivity index (χ0n) is 19.9. The zero-order valence-corrected chi connectivity index (χ0v) is 19.9. The number of ether oxygens (including phenoxy) is 2. The Morgan fingerprint density at radius 2 is 2.11 bits per heavy atom. The molecule has 3 aromatic rings. The molecule has 0 saturated heterocycles. The van der Waals surface area contributed by atoms with E-state index in [2.05, 4.69) is 30.4 Å². The second-order valence-corrected chi connectivity index (χ2v) is 8.49. The van der Waals surface area contributed by atoms with Gasteiger partial charge in [0.1, 0.15) is 0 Å². The van der Waals surface area contributed by atoms with Gasteiger partial charge in [-0.3, -0.25) is 9.48 Å². The van der Waals surface area contributed by atoms with E-state index in [0.29, 0.717) is 35.7 Å². The van der Waals surface area contributed by atoms with Crippen molar-refractivity contribution in [2.45, 2.75) is 51.7 Å². The van der Waals surface area contributed by atoms with Crippen LogP contribution < -0.4 is 14.8 Å². The minimum atomic E-state index is -2.60. The predicted molar refractivity (Wildman–Crippen MR) is 124 cm³/mol. The number of alkyl halides is 2. The van der Waals surface area contributed by atoms with Crippen LogP contribution >= 0.6 is 0 Å². The van der Waals surface area contributed by atoms with Gasteiger partial charge in [0.15, 0.2) is 18.2 Å². The first-order valence-corrected chi connectivity index (χ1v) is 11.5. The number of aliphatic carboxylic acids is 1. The SMILES string of the molecule is Cc1nc(-c2cnn(C)c2CNc2nccc(OCC(F)F)n2)ncc1O[C@H]1CCC[C@H](C(=O)O)C1. The lowest BCUT2D eigenvalue weighted by atomic mass is 9.87. The Hall–Kier alpha value is -3.90. The molecule has 0 bridgehead atoms. The summed E-state index contributed by atoms with van der Waals surface area (Å²) < 4.78 is 37.4. The van der Waals surface area contributed by atoms with Gasteiger partial charge >= 0.3 is 5.97 Å². The molecule has 2 atom stereocenters. The van der Waals surface area contributed by atoms with Gasteiger partial charge in [-0.15, -0.1) is 0 Å². The second kappa shape index (κ2) is 11.2. The highest BCUT2D eigenvalue weighted by atomic mass is 19.3. The highest BCUT2D eigenvalue weighted by Crippen LogP contribution is 2.30. The van der Waals surface area contributed by atoms with E-state index in [1.54, 1.807) is 24.1 Å². The lowest BCUT2D eigenvalue weighted by Gasteiger charge is -2.27. The Balaban J connectivity index is 1.44. The van der Waals surface area contributed by atoms with Gasteiger partial charge in [0.2, 0.25) is 11.8 Å². The molecule has 0 unspecified atom stereocenters. The first-order chi connectivity index (χ1) is 17.3. The third-order valence-electron chi connectivity index (χ3n) is 5.91. The Labute approximate surface area is 205 Å². The Bertz CT molecular complexity index is 1210. The van der Waals surface area contributed by atoms with Crippen LogP contribution in [0.5, 0.6) is 11.6 Å². The standard InChI is InChI=1S/C23H27F2N7O4/c1-13-18(36-15-5-3-4-14(8-15)22(33)34)11-27-21(30-13)16-9-29-32(2)17(16)10-28-23-26-7-6-20(31-23)35-12-19(24)25/h6-7,9,11,14-15,19H,3-5,8,10,12H2,1-2H3,(H,33,34)(H,26,28,31)/t14-,15-/m0/s1. The van der Waals surface area contributed by atoms with E-state index in [1.807, 2.05) is 6.92 Å². The third-order valence-corrected chi connectivity index (χ3v) is 5.91. The summed E-state index contributed by atoms with van der Waals surface area (Å²) in [5.74, 6) is 0.0404. The molecule has 4 rings (SSSR count). The average molecular weight is 504 g/mol. The number of hydrogen-bond acceptors (Lipinski definition) is 9. The summed E-state index contributed by atoms with van der Waals surface area (Å²) in [5, 5.41) is 16.7. The maximum atomic E-state index is 12.4. The molecule has 0 spiro atoms. The highest BCUT2D eigenvalue weighted by molar-refractivity contribution is 5.70. The van der Waals surface area contributed by atoms with Gasteiger partial charge in [0.05, 0.1) is 47.9 Å². The lowest BCUT2D eigenvalue weighted by molar-refractivity contribution is -0.143. The smallest absolute Gasteiger partial charge is 0.306 e. The molecule has 1 aliphatic rings. The molecule has 1 saturated carbocycles. The van der Waals surface area contributed by atoms with Crippen molar-refractivity contribution in [3.05, 3.63) is 36.0 Å². The molecule has 0 aromatic carbocycles. The van der Waals surface area contributed by atoms with E-state index in [4.69, 9.17) is 9.47 Å². The van der Waals surface area contributed by atoms with Crippen LogP contribution in [0.4, 0.5) is 14.7 Å². The second-order valence-electron chi connectivity index (χ2n) is 8.49. The number of rotatable bonds is 10. The molecular weight excluding hydrogens is 476 g/mol. The van der Waals surface area contributed by atoms with Gasteiger partial charge in [-0.2, -0.15) is 10.1 Å². The van der Waals surface area contributed by atoms with E-state index >= 15 is 0 Å². The fourth-order valence-corrected chi connectivity index (χ4v) is 4.04. The van der Waals surface area contributed by atoms with Crippen LogP contribution in [0.2, 0.25) is 0 Å². The average Bonchev–Trinajstić information content (AvgIpc) is 3.23. The number of aryl methyl sites for hydroxylation is 2. The number of carbonyl (C=O) groups is 1. The molecule has 13 heteroatoms. The Morgan fingerprint density at radius 3 is 2.86 bits per heavy atom. The monoisotopic (exact) mass is 503 g/mol. The predicted octanol–water partition coefficient (Wildman–Crippen LogP) is 3.25. The molecule has 11 nitrogen and oxygen atoms in total. The summed E-state index contributed by atoms with van der Waals surface area (Å²) in [7, 11) is 1.77. The van der Waals surface area contributed by atoms with Gasteiger partial charge in [-0.25, -0.2) is 23.7 Å². The molecule has 1 aliphatic carbocycles. The molecule has 3 heterocycles. The summed E-state index contributed by atoms with van der Waals surface area (Å²) in [4.78, 5) is 28.6. The van der Waals surface area contributed by atoms with Crippen LogP contribution in [0.3, 0.4) is 0 Å². The Morgan fingerprint density at radius 1 is 1.28 bits per heavy atom. The van der Waals surface area contributed by atoms with Gasteiger partial charge in [-0.1, -0.05) is 0 Å².